The summed E-state index contributed by atoms with van der Waals surface area (Å²) in [6.07, 6.45) is 0. The Bertz CT molecular complexity index is 746. The fourth-order valence-electron chi connectivity index (χ4n) is 2.27. The minimum atomic E-state index is 0.531. The highest BCUT2D eigenvalue weighted by Gasteiger charge is 2.10. The smallest absolute Gasteiger partial charge is 0.140 e. The number of imidazole rings is 1. The number of nitrogens with zero attached hydrogens (tertiary/aromatic N) is 2. The van der Waals surface area contributed by atoms with Crippen LogP contribution in [-0.2, 0) is 13.6 Å². The normalized spacial score (nSPS) is 11.1. The monoisotopic (exact) mass is 271 g/mol. The van der Waals surface area contributed by atoms with Crippen molar-refractivity contribution in [3.8, 4) is 11.4 Å². The van der Waals surface area contributed by atoms with Gasteiger partial charge in [0.25, 0.3) is 0 Å². The molecule has 0 spiro atoms. The number of aryl methyl sites for hydroxylation is 1. The Morgan fingerprint density at radius 1 is 1.21 bits per heavy atom. The number of fused-ring (bicyclic) bond motifs is 1. The Morgan fingerprint density at radius 3 is 2.84 bits per heavy atom. The van der Waals surface area contributed by atoms with Crippen molar-refractivity contribution in [1.82, 2.24) is 9.55 Å². The molecule has 0 unspecified atom stereocenters. The number of rotatable bonds is 2. The number of hydrogen-bond donors (Lipinski definition) is 1. The first-order valence-electron chi connectivity index (χ1n) is 6.10. The summed E-state index contributed by atoms with van der Waals surface area (Å²) in [7, 11) is 2.01. The molecule has 96 valence electrons. The number of nitrogens with two attached hydrogens (primary N) is 1. The van der Waals surface area contributed by atoms with Gasteiger partial charge in [0.15, 0.2) is 0 Å². The topological polar surface area (TPSA) is 43.8 Å². The molecule has 0 radical (unpaired) electrons. The van der Waals surface area contributed by atoms with Crippen molar-refractivity contribution in [2.75, 3.05) is 0 Å². The van der Waals surface area contributed by atoms with Crippen molar-refractivity contribution in [3.05, 3.63) is 53.1 Å². The Hall–Kier alpha value is -1.84. The lowest BCUT2D eigenvalue weighted by molar-refractivity contribution is 0.957. The lowest BCUT2D eigenvalue weighted by atomic mass is 10.1. The van der Waals surface area contributed by atoms with Crippen molar-refractivity contribution in [2.24, 2.45) is 12.8 Å². The van der Waals surface area contributed by atoms with E-state index in [-0.39, 0.29) is 0 Å². The van der Waals surface area contributed by atoms with Gasteiger partial charge in [-0.25, -0.2) is 4.98 Å². The van der Waals surface area contributed by atoms with E-state index in [0.717, 1.165) is 28.0 Å². The van der Waals surface area contributed by atoms with Crippen LogP contribution < -0.4 is 5.73 Å². The van der Waals surface area contributed by atoms with Crippen molar-refractivity contribution in [3.63, 3.8) is 0 Å². The molecule has 19 heavy (non-hydrogen) atoms. The standard InChI is InChI=1S/C15H14ClN3/c1-19-14-6-5-12(16)8-13(14)18-15(19)11-4-2-3-10(7-11)9-17/h2-8H,9,17H2,1H3. The van der Waals surface area contributed by atoms with E-state index < -0.39 is 0 Å². The molecule has 1 aromatic heterocycles. The average molecular weight is 272 g/mol. The maximum Gasteiger partial charge on any atom is 0.140 e. The quantitative estimate of drug-likeness (QED) is 0.777. The second-order valence-corrected chi connectivity index (χ2v) is 4.97. The van der Waals surface area contributed by atoms with Gasteiger partial charge in [-0.2, -0.15) is 0 Å². The predicted octanol–water partition coefficient (Wildman–Crippen LogP) is 3.35. The highest BCUT2D eigenvalue weighted by molar-refractivity contribution is 6.31. The summed E-state index contributed by atoms with van der Waals surface area (Å²) < 4.78 is 2.07. The SMILES string of the molecule is Cn1c(-c2cccc(CN)c2)nc2cc(Cl)ccc21. The van der Waals surface area contributed by atoms with Gasteiger partial charge in [0.2, 0.25) is 0 Å². The van der Waals surface area contributed by atoms with E-state index in [0.29, 0.717) is 11.6 Å². The molecular weight excluding hydrogens is 258 g/mol. The van der Waals surface area contributed by atoms with Crippen LogP contribution in [-0.4, -0.2) is 9.55 Å². The van der Waals surface area contributed by atoms with E-state index >= 15 is 0 Å². The molecule has 0 saturated heterocycles. The molecule has 3 rings (SSSR count). The Labute approximate surface area is 116 Å². The van der Waals surface area contributed by atoms with Crippen LogP contribution in [0.2, 0.25) is 5.02 Å². The van der Waals surface area contributed by atoms with Gasteiger partial charge in [-0.05, 0) is 29.8 Å². The third-order valence-electron chi connectivity index (χ3n) is 3.26. The van der Waals surface area contributed by atoms with E-state index in [9.17, 15) is 0 Å². The predicted molar refractivity (Wildman–Crippen MR) is 79.1 cm³/mol. The first-order valence-corrected chi connectivity index (χ1v) is 6.48. The van der Waals surface area contributed by atoms with Crippen LogP contribution in [0, 0.1) is 0 Å². The zero-order valence-corrected chi connectivity index (χ0v) is 11.4. The van der Waals surface area contributed by atoms with Crippen LogP contribution in [0.15, 0.2) is 42.5 Å². The number of benzene rings is 2. The Morgan fingerprint density at radius 2 is 2.05 bits per heavy atom. The lowest BCUT2D eigenvalue weighted by Crippen LogP contribution is -1.97. The molecule has 2 aromatic carbocycles. The van der Waals surface area contributed by atoms with Gasteiger partial charge in [0.1, 0.15) is 5.82 Å². The minimum Gasteiger partial charge on any atom is -0.327 e. The fourth-order valence-corrected chi connectivity index (χ4v) is 2.43. The van der Waals surface area contributed by atoms with Gasteiger partial charge < -0.3 is 10.3 Å². The van der Waals surface area contributed by atoms with Crippen LogP contribution in [0.1, 0.15) is 5.56 Å². The molecule has 0 aliphatic carbocycles. The first kappa shape index (κ1) is 12.2. The first-order chi connectivity index (χ1) is 9.19. The molecule has 0 amide bonds. The summed E-state index contributed by atoms with van der Waals surface area (Å²) in [5.74, 6) is 0.924. The van der Waals surface area contributed by atoms with E-state index in [1.54, 1.807) is 0 Å². The Kier molecular flexibility index (Phi) is 3.01. The molecule has 3 nitrogen and oxygen atoms in total. The summed E-state index contributed by atoms with van der Waals surface area (Å²) in [6.45, 7) is 0.531. The molecule has 0 aliphatic heterocycles. The summed E-state index contributed by atoms with van der Waals surface area (Å²) in [5, 5.41) is 0.702. The number of hydrogen-bond acceptors (Lipinski definition) is 2. The highest BCUT2D eigenvalue weighted by Crippen LogP contribution is 2.26. The van der Waals surface area contributed by atoms with Crippen LogP contribution in [0.5, 0.6) is 0 Å². The molecule has 0 fully saturated rings. The Balaban J connectivity index is 2.21. The maximum absolute atomic E-state index is 6.01. The lowest BCUT2D eigenvalue weighted by Gasteiger charge is -2.04. The van der Waals surface area contributed by atoms with E-state index in [1.807, 2.05) is 43.4 Å². The molecule has 0 aliphatic rings. The molecule has 2 N–H and O–H groups in total. The van der Waals surface area contributed by atoms with Gasteiger partial charge in [-0.15, -0.1) is 0 Å². The molecular formula is C15H14ClN3. The van der Waals surface area contributed by atoms with Crippen LogP contribution in [0.4, 0.5) is 0 Å². The van der Waals surface area contributed by atoms with Crippen LogP contribution in [0.25, 0.3) is 22.4 Å². The maximum atomic E-state index is 6.01. The summed E-state index contributed by atoms with van der Waals surface area (Å²) in [6, 6.07) is 13.9. The number of aromatic nitrogens is 2. The summed E-state index contributed by atoms with van der Waals surface area (Å²) in [5.41, 5.74) is 9.83. The zero-order chi connectivity index (χ0) is 13.4. The number of halogens is 1. The molecule has 3 aromatic rings. The van der Waals surface area contributed by atoms with E-state index in [2.05, 4.69) is 15.6 Å². The highest BCUT2D eigenvalue weighted by atomic mass is 35.5. The van der Waals surface area contributed by atoms with Crippen molar-refractivity contribution in [2.45, 2.75) is 6.54 Å². The van der Waals surface area contributed by atoms with E-state index in [1.165, 1.54) is 0 Å². The molecule has 1 heterocycles. The molecule has 4 heteroatoms. The molecule has 0 bridgehead atoms. The largest absolute Gasteiger partial charge is 0.327 e. The summed E-state index contributed by atoms with van der Waals surface area (Å²) in [4.78, 5) is 4.66. The zero-order valence-electron chi connectivity index (χ0n) is 10.6. The second kappa shape index (κ2) is 4.68. The van der Waals surface area contributed by atoms with E-state index in [4.69, 9.17) is 17.3 Å². The third-order valence-corrected chi connectivity index (χ3v) is 3.50. The van der Waals surface area contributed by atoms with Gasteiger partial charge in [0, 0.05) is 24.2 Å². The fraction of sp³-hybridized carbons (Fsp3) is 0.133. The van der Waals surface area contributed by atoms with Crippen molar-refractivity contribution in [1.29, 1.82) is 0 Å². The third kappa shape index (κ3) is 2.11. The van der Waals surface area contributed by atoms with Crippen molar-refractivity contribution >= 4 is 22.6 Å². The van der Waals surface area contributed by atoms with Gasteiger partial charge in [-0.1, -0.05) is 29.8 Å². The van der Waals surface area contributed by atoms with Crippen molar-refractivity contribution < 1.29 is 0 Å². The summed E-state index contributed by atoms with van der Waals surface area (Å²) >= 11 is 6.01. The average Bonchev–Trinajstić information content (AvgIpc) is 2.75. The van der Waals surface area contributed by atoms with Gasteiger partial charge in [-0.3, -0.25) is 0 Å². The molecule has 0 atom stereocenters. The minimum absolute atomic E-state index is 0.531. The van der Waals surface area contributed by atoms with Crippen LogP contribution in [0.3, 0.4) is 0 Å². The molecule has 0 saturated carbocycles. The van der Waals surface area contributed by atoms with Gasteiger partial charge in [0.05, 0.1) is 11.0 Å². The van der Waals surface area contributed by atoms with Gasteiger partial charge >= 0.3 is 0 Å². The second-order valence-electron chi connectivity index (χ2n) is 4.53. The van der Waals surface area contributed by atoms with Crippen LogP contribution >= 0.6 is 11.6 Å².